The first-order valence-electron chi connectivity index (χ1n) is 7.25. The van der Waals surface area contributed by atoms with Crippen LogP contribution < -0.4 is 14.8 Å². The van der Waals surface area contributed by atoms with Crippen molar-refractivity contribution in [2.75, 3.05) is 14.2 Å². The van der Waals surface area contributed by atoms with Gasteiger partial charge in [-0.15, -0.1) is 0 Å². The lowest BCUT2D eigenvalue weighted by Gasteiger charge is -2.19. The number of carbonyl (C=O) groups excluding carboxylic acids is 1. The summed E-state index contributed by atoms with van der Waals surface area (Å²) in [6.07, 6.45) is 0. The van der Waals surface area contributed by atoms with Crippen LogP contribution in [0.1, 0.15) is 34.5 Å². The monoisotopic (exact) mass is 377 g/mol. The van der Waals surface area contributed by atoms with E-state index in [1.165, 1.54) is 0 Å². The van der Waals surface area contributed by atoms with Crippen molar-refractivity contribution in [1.82, 2.24) is 5.32 Å². The largest absolute Gasteiger partial charge is 0.497 e. The third-order valence-corrected chi connectivity index (χ3v) is 4.18. The van der Waals surface area contributed by atoms with Crippen LogP contribution in [-0.4, -0.2) is 20.1 Å². The Morgan fingerprint density at radius 1 is 1.13 bits per heavy atom. The fourth-order valence-corrected chi connectivity index (χ4v) is 2.89. The smallest absolute Gasteiger partial charge is 0.252 e. The maximum absolute atomic E-state index is 12.5. The fraction of sp³-hybridized carbons (Fsp3) is 0.278. The van der Waals surface area contributed by atoms with Gasteiger partial charge in [0.1, 0.15) is 11.5 Å². The second-order valence-electron chi connectivity index (χ2n) is 5.26. The Morgan fingerprint density at radius 3 is 2.48 bits per heavy atom. The molecule has 122 valence electrons. The van der Waals surface area contributed by atoms with Crippen LogP contribution in [-0.2, 0) is 0 Å². The molecule has 1 amide bonds. The standard InChI is InChI=1S/C18H20BrNO3/c1-11-9-13(19)5-7-15(11)18(21)20-12(2)16-10-14(22-3)6-8-17(16)23-4/h5-10,12H,1-4H3,(H,20,21). The molecule has 0 aliphatic carbocycles. The zero-order chi connectivity index (χ0) is 17.0. The molecule has 0 saturated carbocycles. The highest BCUT2D eigenvalue weighted by atomic mass is 79.9. The van der Waals surface area contributed by atoms with Crippen molar-refractivity contribution in [1.29, 1.82) is 0 Å². The van der Waals surface area contributed by atoms with Gasteiger partial charge in [0, 0.05) is 15.6 Å². The van der Waals surface area contributed by atoms with E-state index >= 15 is 0 Å². The van der Waals surface area contributed by atoms with E-state index < -0.39 is 0 Å². The van der Waals surface area contributed by atoms with Crippen molar-refractivity contribution in [2.45, 2.75) is 19.9 Å². The van der Waals surface area contributed by atoms with E-state index in [0.29, 0.717) is 11.3 Å². The Labute approximate surface area is 144 Å². The van der Waals surface area contributed by atoms with E-state index in [4.69, 9.17) is 9.47 Å². The summed E-state index contributed by atoms with van der Waals surface area (Å²) in [7, 11) is 3.22. The Balaban J connectivity index is 2.24. The minimum Gasteiger partial charge on any atom is -0.497 e. The second-order valence-corrected chi connectivity index (χ2v) is 6.18. The number of aryl methyl sites for hydroxylation is 1. The lowest BCUT2D eigenvalue weighted by Crippen LogP contribution is -2.27. The van der Waals surface area contributed by atoms with E-state index in [0.717, 1.165) is 21.3 Å². The minimum absolute atomic E-state index is 0.118. The van der Waals surface area contributed by atoms with Crippen LogP contribution in [0.3, 0.4) is 0 Å². The lowest BCUT2D eigenvalue weighted by molar-refractivity contribution is 0.0939. The first-order valence-corrected chi connectivity index (χ1v) is 8.04. The van der Waals surface area contributed by atoms with Crippen LogP contribution in [0.25, 0.3) is 0 Å². The minimum atomic E-state index is -0.212. The van der Waals surface area contributed by atoms with E-state index in [9.17, 15) is 4.79 Å². The van der Waals surface area contributed by atoms with Crippen LogP contribution in [0.15, 0.2) is 40.9 Å². The molecule has 1 unspecified atom stereocenters. The number of halogens is 1. The number of nitrogens with one attached hydrogen (secondary N) is 1. The molecule has 1 N–H and O–H groups in total. The molecule has 1 atom stereocenters. The van der Waals surface area contributed by atoms with Crippen LogP contribution in [0.2, 0.25) is 0 Å². The van der Waals surface area contributed by atoms with Gasteiger partial charge in [-0.1, -0.05) is 15.9 Å². The van der Waals surface area contributed by atoms with Gasteiger partial charge in [-0.05, 0) is 55.8 Å². The number of methoxy groups -OCH3 is 2. The van der Waals surface area contributed by atoms with Gasteiger partial charge >= 0.3 is 0 Å². The summed E-state index contributed by atoms with van der Waals surface area (Å²) in [5.74, 6) is 1.32. The van der Waals surface area contributed by atoms with Crippen molar-refractivity contribution < 1.29 is 14.3 Å². The molecule has 2 aromatic carbocycles. The molecule has 0 aliphatic rings. The van der Waals surface area contributed by atoms with Gasteiger partial charge in [0.15, 0.2) is 0 Å². The number of amides is 1. The van der Waals surface area contributed by atoms with Gasteiger partial charge < -0.3 is 14.8 Å². The van der Waals surface area contributed by atoms with Crippen molar-refractivity contribution >= 4 is 21.8 Å². The number of hydrogen-bond acceptors (Lipinski definition) is 3. The summed E-state index contributed by atoms with van der Waals surface area (Å²) in [4.78, 5) is 12.5. The number of ether oxygens (including phenoxy) is 2. The highest BCUT2D eigenvalue weighted by molar-refractivity contribution is 9.10. The third kappa shape index (κ3) is 4.05. The summed E-state index contributed by atoms with van der Waals surface area (Å²) in [5, 5.41) is 3.01. The van der Waals surface area contributed by atoms with E-state index in [-0.39, 0.29) is 11.9 Å². The number of carbonyl (C=O) groups is 1. The third-order valence-electron chi connectivity index (χ3n) is 3.68. The summed E-state index contributed by atoms with van der Waals surface area (Å²) in [6, 6.07) is 10.9. The maximum Gasteiger partial charge on any atom is 0.252 e. The van der Waals surface area contributed by atoms with Crippen LogP contribution in [0.5, 0.6) is 11.5 Å². The molecular weight excluding hydrogens is 358 g/mol. The van der Waals surface area contributed by atoms with Gasteiger partial charge in [0.2, 0.25) is 0 Å². The lowest BCUT2D eigenvalue weighted by atomic mass is 10.0. The Bertz CT molecular complexity index is 715. The average molecular weight is 378 g/mol. The topological polar surface area (TPSA) is 47.6 Å². The summed E-state index contributed by atoms with van der Waals surface area (Å²) >= 11 is 3.41. The van der Waals surface area contributed by atoms with Gasteiger partial charge in [0.25, 0.3) is 5.91 Å². The van der Waals surface area contributed by atoms with Crippen molar-refractivity contribution in [2.24, 2.45) is 0 Å². The number of benzene rings is 2. The predicted octanol–water partition coefficient (Wildman–Crippen LogP) is 4.27. The molecule has 0 saturated heterocycles. The van der Waals surface area contributed by atoms with E-state index in [1.54, 1.807) is 14.2 Å². The molecule has 0 spiro atoms. The zero-order valence-corrected chi connectivity index (χ0v) is 15.2. The van der Waals surface area contributed by atoms with E-state index in [1.807, 2.05) is 50.2 Å². The first kappa shape index (κ1) is 17.3. The summed E-state index contributed by atoms with van der Waals surface area (Å²) in [6.45, 7) is 3.83. The van der Waals surface area contributed by atoms with E-state index in [2.05, 4.69) is 21.2 Å². The van der Waals surface area contributed by atoms with Crippen LogP contribution >= 0.6 is 15.9 Å². The van der Waals surface area contributed by atoms with Crippen molar-refractivity contribution in [3.63, 3.8) is 0 Å². The molecule has 5 heteroatoms. The normalized spacial score (nSPS) is 11.7. The van der Waals surface area contributed by atoms with Crippen molar-refractivity contribution in [3.8, 4) is 11.5 Å². The van der Waals surface area contributed by atoms with Crippen LogP contribution in [0, 0.1) is 6.92 Å². The van der Waals surface area contributed by atoms with Gasteiger partial charge in [-0.3, -0.25) is 4.79 Å². The second kappa shape index (κ2) is 7.51. The summed E-state index contributed by atoms with van der Waals surface area (Å²) < 4.78 is 11.6. The molecule has 0 heterocycles. The fourth-order valence-electron chi connectivity index (χ4n) is 2.41. The summed E-state index contributed by atoms with van der Waals surface area (Å²) in [5.41, 5.74) is 2.44. The molecule has 0 aromatic heterocycles. The molecule has 4 nitrogen and oxygen atoms in total. The van der Waals surface area contributed by atoms with Crippen LogP contribution in [0.4, 0.5) is 0 Å². The highest BCUT2D eigenvalue weighted by Crippen LogP contribution is 2.29. The molecule has 0 fully saturated rings. The molecule has 0 bridgehead atoms. The zero-order valence-electron chi connectivity index (χ0n) is 13.6. The highest BCUT2D eigenvalue weighted by Gasteiger charge is 2.17. The van der Waals surface area contributed by atoms with Gasteiger partial charge in [-0.25, -0.2) is 0 Å². The molecule has 2 rings (SSSR count). The molecule has 23 heavy (non-hydrogen) atoms. The molecule has 0 aliphatic heterocycles. The first-order chi connectivity index (χ1) is 11.0. The number of rotatable bonds is 5. The SMILES string of the molecule is COc1ccc(OC)c(C(C)NC(=O)c2ccc(Br)cc2C)c1. The molecule has 0 radical (unpaired) electrons. The Hall–Kier alpha value is -2.01. The molecular formula is C18H20BrNO3. The van der Waals surface area contributed by atoms with Gasteiger partial charge in [-0.2, -0.15) is 0 Å². The predicted molar refractivity (Wildman–Crippen MR) is 94.3 cm³/mol. The maximum atomic E-state index is 12.5. The van der Waals surface area contributed by atoms with Crippen molar-refractivity contribution in [3.05, 3.63) is 57.6 Å². The Morgan fingerprint density at radius 2 is 1.87 bits per heavy atom. The quantitative estimate of drug-likeness (QED) is 0.846. The number of hydrogen-bond donors (Lipinski definition) is 1. The molecule has 2 aromatic rings. The Kier molecular flexibility index (Phi) is 5.66. The van der Waals surface area contributed by atoms with Gasteiger partial charge in [0.05, 0.1) is 20.3 Å². The average Bonchev–Trinajstić information content (AvgIpc) is 2.53.